The lowest BCUT2D eigenvalue weighted by atomic mass is 10.0. The standard InChI is InChI=1S/C15H26N4/c1-11(2)18-7-5-12(10-18)8-15-17-9-14-13(16)4-3-6-19(14)15/h9,11-13H,3-8,10,16H2,1-2H3. The fraction of sp³-hybridized carbons (Fsp3) is 0.800. The Morgan fingerprint density at radius 2 is 2.21 bits per heavy atom. The van der Waals surface area contributed by atoms with Crippen molar-refractivity contribution in [1.82, 2.24) is 14.5 Å². The molecule has 0 bridgehead atoms. The van der Waals surface area contributed by atoms with E-state index >= 15 is 0 Å². The van der Waals surface area contributed by atoms with E-state index in [1.807, 2.05) is 6.20 Å². The summed E-state index contributed by atoms with van der Waals surface area (Å²) >= 11 is 0. The average Bonchev–Trinajstić information content (AvgIpc) is 2.98. The van der Waals surface area contributed by atoms with E-state index in [9.17, 15) is 0 Å². The van der Waals surface area contributed by atoms with Crippen LogP contribution in [0.1, 0.15) is 50.7 Å². The Balaban J connectivity index is 1.68. The maximum absolute atomic E-state index is 6.16. The summed E-state index contributed by atoms with van der Waals surface area (Å²) in [4.78, 5) is 7.23. The highest BCUT2D eigenvalue weighted by Crippen LogP contribution is 2.27. The van der Waals surface area contributed by atoms with Gasteiger partial charge in [0.25, 0.3) is 0 Å². The van der Waals surface area contributed by atoms with E-state index in [4.69, 9.17) is 5.73 Å². The van der Waals surface area contributed by atoms with Gasteiger partial charge in [-0.3, -0.25) is 0 Å². The second-order valence-corrected chi connectivity index (χ2v) is 6.45. The second-order valence-electron chi connectivity index (χ2n) is 6.45. The number of fused-ring (bicyclic) bond motifs is 1. The van der Waals surface area contributed by atoms with E-state index in [0.717, 1.165) is 25.3 Å². The number of nitrogens with zero attached hydrogens (tertiary/aromatic N) is 3. The van der Waals surface area contributed by atoms with Gasteiger partial charge in [-0.05, 0) is 45.6 Å². The maximum atomic E-state index is 6.16. The highest BCUT2D eigenvalue weighted by Gasteiger charge is 2.27. The van der Waals surface area contributed by atoms with Gasteiger partial charge in [-0.1, -0.05) is 0 Å². The van der Waals surface area contributed by atoms with Crippen molar-refractivity contribution in [2.75, 3.05) is 13.1 Å². The van der Waals surface area contributed by atoms with Crippen LogP contribution in [0.2, 0.25) is 0 Å². The van der Waals surface area contributed by atoms with Gasteiger partial charge in [-0.15, -0.1) is 0 Å². The summed E-state index contributed by atoms with van der Waals surface area (Å²) in [6.07, 6.45) is 6.74. The third kappa shape index (κ3) is 2.56. The lowest BCUT2D eigenvalue weighted by molar-refractivity contribution is 0.264. The topological polar surface area (TPSA) is 47.1 Å². The van der Waals surface area contributed by atoms with Crippen LogP contribution < -0.4 is 5.73 Å². The molecule has 0 amide bonds. The van der Waals surface area contributed by atoms with E-state index in [1.165, 1.54) is 37.4 Å². The molecule has 4 heteroatoms. The number of rotatable bonds is 3. The summed E-state index contributed by atoms with van der Waals surface area (Å²) in [5, 5.41) is 0. The molecule has 1 saturated heterocycles. The van der Waals surface area contributed by atoms with E-state index in [0.29, 0.717) is 6.04 Å². The van der Waals surface area contributed by atoms with Crippen molar-refractivity contribution < 1.29 is 0 Å². The molecule has 1 aromatic rings. The minimum absolute atomic E-state index is 0.200. The van der Waals surface area contributed by atoms with Crippen LogP contribution in [0, 0.1) is 5.92 Å². The predicted octanol–water partition coefficient (Wildman–Crippen LogP) is 1.95. The molecule has 1 fully saturated rings. The first kappa shape index (κ1) is 13.1. The van der Waals surface area contributed by atoms with Crippen molar-refractivity contribution in [2.45, 2.75) is 58.2 Å². The van der Waals surface area contributed by atoms with Gasteiger partial charge in [0.05, 0.1) is 11.9 Å². The molecule has 0 aromatic carbocycles. The van der Waals surface area contributed by atoms with Crippen LogP contribution in [0.15, 0.2) is 6.20 Å². The monoisotopic (exact) mass is 262 g/mol. The van der Waals surface area contributed by atoms with E-state index in [2.05, 4.69) is 28.3 Å². The molecule has 0 saturated carbocycles. The smallest absolute Gasteiger partial charge is 0.109 e. The molecule has 2 N–H and O–H groups in total. The Morgan fingerprint density at radius 3 is 2.95 bits per heavy atom. The molecule has 2 unspecified atom stereocenters. The van der Waals surface area contributed by atoms with Crippen molar-refractivity contribution in [3.63, 3.8) is 0 Å². The zero-order valence-electron chi connectivity index (χ0n) is 12.2. The molecule has 106 valence electrons. The van der Waals surface area contributed by atoms with Crippen LogP contribution in [0.25, 0.3) is 0 Å². The Labute approximate surface area is 116 Å². The van der Waals surface area contributed by atoms with Crippen LogP contribution in [0.5, 0.6) is 0 Å². The first-order valence-corrected chi connectivity index (χ1v) is 7.69. The van der Waals surface area contributed by atoms with Crippen LogP contribution in [0.4, 0.5) is 0 Å². The van der Waals surface area contributed by atoms with Gasteiger partial charge in [0.1, 0.15) is 5.82 Å². The molecule has 0 aliphatic carbocycles. The van der Waals surface area contributed by atoms with Crippen molar-refractivity contribution >= 4 is 0 Å². The molecule has 2 aliphatic heterocycles. The lowest BCUT2D eigenvalue weighted by Crippen LogP contribution is -2.28. The zero-order chi connectivity index (χ0) is 13.4. The number of hydrogen-bond donors (Lipinski definition) is 1. The first-order valence-electron chi connectivity index (χ1n) is 7.69. The third-order valence-electron chi connectivity index (χ3n) is 4.76. The van der Waals surface area contributed by atoms with Crippen LogP contribution in [-0.2, 0) is 13.0 Å². The van der Waals surface area contributed by atoms with E-state index < -0.39 is 0 Å². The molecule has 0 spiro atoms. The quantitative estimate of drug-likeness (QED) is 0.905. The highest BCUT2D eigenvalue weighted by molar-refractivity contribution is 5.13. The lowest BCUT2D eigenvalue weighted by Gasteiger charge is -2.23. The summed E-state index contributed by atoms with van der Waals surface area (Å²) < 4.78 is 2.38. The molecule has 3 rings (SSSR count). The highest BCUT2D eigenvalue weighted by atomic mass is 15.2. The van der Waals surface area contributed by atoms with Crippen molar-refractivity contribution in [3.05, 3.63) is 17.7 Å². The Bertz CT molecular complexity index is 437. The molecule has 3 heterocycles. The van der Waals surface area contributed by atoms with E-state index in [-0.39, 0.29) is 6.04 Å². The molecule has 2 aliphatic rings. The average molecular weight is 262 g/mol. The number of likely N-dealkylation sites (tertiary alicyclic amines) is 1. The van der Waals surface area contributed by atoms with Gasteiger partial charge >= 0.3 is 0 Å². The minimum Gasteiger partial charge on any atom is -0.331 e. The molecular formula is C15H26N4. The van der Waals surface area contributed by atoms with Crippen LogP contribution in [0.3, 0.4) is 0 Å². The molecule has 4 nitrogen and oxygen atoms in total. The van der Waals surface area contributed by atoms with Crippen LogP contribution >= 0.6 is 0 Å². The number of nitrogens with two attached hydrogens (primary N) is 1. The minimum atomic E-state index is 0.200. The van der Waals surface area contributed by atoms with Crippen molar-refractivity contribution in [2.24, 2.45) is 11.7 Å². The van der Waals surface area contributed by atoms with Gasteiger partial charge in [-0.25, -0.2) is 4.98 Å². The third-order valence-corrected chi connectivity index (χ3v) is 4.76. The number of hydrogen-bond acceptors (Lipinski definition) is 3. The summed E-state index contributed by atoms with van der Waals surface area (Å²) in [7, 11) is 0. The van der Waals surface area contributed by atoms with Crippen molar-refractivity contribution in [3.8, 4) is 0 Å². The number of imidazole rings is 1. The number of aromatic nitrogens is 2. The van der Waals surface area contributed by atoms with Gasteiger partial charge in [-0.2, -0.15) is 0 Å². The molecule has 1 aromatic heterocycles. The predicted molar refractivity (Wildman–Crippen MR) is 76.9 cm³/mol. The zero-order valence-corrected chi connectivity index (χ0v) is 12.2. The van der Waals surface area contributed by atoms with E-state index in [1.54, 1.807) is 0 Å². The van der Waals surface area contributed by atoms with Crippen molar-refractivity contribution in [1.29, 1.82) is 0 Å². The summed E-state index contributed by atoms with van der Waals surface area (Å²) in [6, 6.07) is 0.873. The molecule has 19 heavy (non-hydrogen) atoms. The molecule has 0 radical (unpaired) electrons. The first-order chi connectivity index (χ1) is 9.15. The SMILES string of the molecule is CC(C)N1CCC(Cc2ncc3n2CCCC3N)C1. The Kier molecular flexibility index (Phi) is 3.63. The second kappa shape index (κ2) is 5.25. The fourth-order valence-electron chi connectivity index (χ4n) is 3.52. The Morgan fingerprint density at radius 1 is 1.37 bits per heavy atom. The van der Waals surface area contributed by atoms with Gasteiger partial charge in [0, 0.05) is 31.6 Å². The van der Waals surface area contributed by atoms with Gasteiger partial charge in [0.2, 0.25) is 0 Å². The summed E-state index contributed by atoms with van der Waals surface area (Å²) in [5.74, 6) is 2.04. The maximum Gasteiger partial charge on any atom is 0.109 e. The molecule has 2 atom stereocenters. The largest absolute Gasteiger partial charge is 0.331 e. The molecular weight excluding hydrogens is 236 g/mol. The van der Waals surface area contributed by atoms with Gasteiger partial charge in [0.15, 0.2) is 0 Å². The van der Waals surface area contributed by atoms with Crippen LogP contribution in [-0.4, -0.2) is 33.6 Å². The summed E-state index contributed by atoms with van der Waals surface area (Å²) in [5.41, 5.74) is 7.41. The normalized spacial score (nSPS) is 28.0. The van der Waals surface area contributed by atoms with Gasteiger partial charge < -0.3 is 15.2 Å². The fourth-order valence-corrected chi connectivity index (χ4v) is 3.52. The Hall–Kier alpha value is -0.870. The summed E-state index contributed by atoms with van der Waals surface area (Å²) in [6.45, 7) is 8.16.